The summed E-state index contributed by atoms with van der Waals surface area (Å²) < 4.78 is 10.8. The Hall–Kier alpha value is -2.23. The zero-order valence-corrected chi connectivity index (χ0v) is 11.9. The van der Waals surface area contributed by atoms with Gasteiger partial charge in [0.05, 0.1) is 13.7 Å². The number of hydrogen-bond acceptors (Lipinski definition) is 4. The number of anilines is 1. The quantitative estimate of drug-likeness (QED) is 0.838. The second-order valence-corrected chi connectivity index (χ2v) is 4.40. The summed E-state index contributed by atoms with van der Waals surface area (Å²) in [5.41, 5.74) is 2.07. The van der Waals surface area contributed by atoms with E-state index >= 15 is 0 Å². The average Bonchev–Trinajstić information content (AvgIpc) is 2.52. The Bertz CT molecular complexity index is 526. The van der Waals surface area contributed by atoms with E-state index in [1.54, 1.807) is 13.3 Å². The van der Waals surface area contributed by atoms with Crippen LogP contribution in [0.4, 0.5) is 5.69 Å². The van der Waals surface area contributed by atoms with Gasteiger partial charge in [-0.25, -0.2) is 4.98 Å². The van der Waals surface area contributed by atoms with Gasteiger partial charge in [0.1, 0.15) is 5.75 Å². The molecule has 0 fully saturated rings. The van der Waals surface area contributed by atoms with Crippen molar-refractivity contribution in [3.8, 4) is 11.6 Å². The van der Waals surface area contributed by atoms with Crippen LogP contribution in [0.5, 0.6) is 11.6 Å². The normalized spacial score (nSPS) is 10.1. The lowest BCUT2D eigenvalue weighted by Crippen LogP contribution is -2.02. The van der Waals surface area contributed by atoms with Crippen LogP contribution in [-0.2, 0) is 6.54 Å². The highest BCUT2D eigenvalue weighted by Crippen LogP contribution is 2.19. The SMILES string of the molecule is CCCOc1ccc(NCc2cccnc2OC)cc1. The second-order valence-electron chi connectivity index (χ2n) is 4.40. The monoisotopic (exact) mass is 272 g/mol. The number of nitrogens with one attached hydrogen (secondary N) is 1. The zero-order valence-electron chi connectivity index (χ0n) is 11.9. The molecule has 0 saturated heterocycles. The fourth-order valence-corrected chi connectivity index (χ4v) is 1.83. The van der Waals surface area contributed by atoms with Crippen molar-refractivity contribution in [1.29, 1.82) is 0 Å². The molecule has 0 aliphatic rings. The summed E-state index contributed by atoms with van der Waals surface area (Å²) in [6.45, 7) is 3.52. The van der Waals surface area contributed by atoms with Gasteiger partial charge in [0.2, 0.25) is 5.88 Å². The van der Waals surface area contributed by atoms with Gasteiger partial charge in [-0.15, -0.1) is 0 Å². The van der Waals surface area contributed by atoms with Gasteiger partial charge in [-0.3, -0.25) is 0 Å². The summed E-state index contributed by atoms with van der Waals surface area (Å²) in [5, 5.41) is 3.34. The van der Waals surface area contributed by atoms with E-state index in [1.807, 2.05) is 36.4 Å². The van der Waals surface area contributed by atoms with E-state index in [-0.39, 0.29) is 0 Å². The minimum absolute atomic E-state index is 0.655. The number of pyridine rings is 1. The first-order chi connectivity index (χ1) is 9.83. The summed E-state index contributed by atoms with van der Waals surface area (Å²) in [6, 6.07) is 11.9. The second kappa shape index (κ2) is 7.38. The van der Waals surface area contributed by atoms with Crippen LogP contribution < -0.4 is 14.8 Å². The fraction of sp³-hybridized carbons (Fsp3) is 0.312. The lowest BCUT2D eigenvalue weighted by Gasteiger charge is -2.10. The Morgan fingerprint density at radius 2 is 1.95 bits per heavy atom. The van der Waals surface area contributed by atoms with Crippen LogP contribution in [0.15, 0.2) is 42.6 Å². The molecule has 0 atom stereocenters. The van der Waals surface area contributed by atoms with Crippen molar-refractivity contribution in [2.24, 2.45) is 0 Å². The molecule has 4 heteroatoms. The van der Waals surface area contributed by atoms with E-state index in [0.29, 0.717) is 12.4 Å². The molecule has 0 aliphatic carbocycles. The minimum Gasteiger partial charge on any atom is -0.494 e. The highest BCUT2D eigenvalue weighted by molar-refractivity contribution is 5.47. The molecule has 0 unspecified atom stereocenters. The molecule has 0 amide bonds. The third kappa shape index (κ3) is 3.88. The van der Waals surface area contributed by atoms with Crippen LogP contribution in [0.1, 0.15) is 18.9 Å². The lowest BCUT2D eigenvalue weighted by atomic mass is 10.2. The van der Waals surface area contributed by atoms with E-state index < -0.39 is 0 Å². The van der Waals surface area contributed by atoms with E-state index in [4.69, 9.17) is 9.47 Å². The number of benzene rings is 1. The molecule has 106 valence electrons. The smallest absolute Gasteiger partial charge is 0.218 e. The van der Waals surface area contributed by atoms with Gasteiger partial charge in [-0.2, -0.15) is 0 Å². The predicted molar refractivity (Wildman–Crippen MR) is 80.3 cm³/mol. The lowest BCUT2D eigenvalue weighted by molar-refractivity contribution is 0.317. The van der Waals surface area contributed by atoms with Crippen LogP contribution >= 0.6 is 0 Å². The summed E-state index contributed by atoms with van der Waals surface area (Å²) in [7, 11) is 1.63. The van der Waals surface area contributed by atoms with Crippen LogP contribution in [0.25, 0.3) is 0 Å². The molecule has 20 heavy (non-hydrogen) atoms. The highest BCUT2D eigenvalue weighted by Gasteiger charge is 2.02. The number of nitrogens with zero attached hydrogens (tertiary/aromatic N) is 1. The van der Waals surface area contributed by atoms with E-state index in [9.17, 15) is 0 Å². The molecular formula is C16H20N2O2. The zero-order chi connectivity index (χ0) is 14.2. The van der Waals surface area contributed by atoms with E-state index in [1.165, 1.54) is 0 Å². The molecule has 1 heterocycles. The molecule has 0 bridgehead atoms. The van der Waals surface area contributed by atoms with Gasteiger partial charge in [0.15, 0.2) is 0 Å². The van der Waals surface area contributed by atoms with Crippen LogP contribution in [-0.4, -0.2) is 18.7 Å². The first kappa shape index (κ1) is 14.2. The largest absolute Gasteiger partial charge is 0.494 e. The number of ether oxygens (including phenoxy) is 2. The molecule has 1 aromatic carbocycles. The maximum absolute atomic E-state index is 5.55. The Morgan fingerprint density at radius 1 is 1.15 bits per heavy atom. The van der Waals surface area contributed by atoms with Gasteiger partial charge < -0.3 is 14.8 Å². The summed E-state index contributed by atoms with van der Waals surface area (Å²) in [5.74, 6) is 1.55. The van der Waals surface area contributed by atoms with Crippen molar-refractivity contribution in [2.45, 2.75) is 19.9 Å². The first-order valence-corrected chi connectivity index (χ1v) is 6.78. The van der Waals surface area contributed by atoms with Crippen molar-refractivity contribution in [2.75, 3.05) is 19.0 Å². The summed E-state index contributed by atoms with van der Waals surface area (Å²) in [6.07, 6.45) is 2.74. The minimum atomic E-state index is 0.655. The standard InChI is InChI=1S/C16H20N2O2/c1-3-11-20-15-8-6-14(7-9-15)18-12-13-5-4-10-17-16(13)19-2/h4-10,18H,3,11-12H2,1-2H3. The third-order valence-electron chi connectivity index (χ3n) is 2.85. The highest BCUT2D eigenvalue weighted by atomic mass is 16.5. The van der Waals surface area contributed by atoms with Crippen molar-refractivity contribution >= 4 is 5.69 Å². The number of hydrogen-bond donors (Lipinski definition) is 1. The third-order valence-corrected chi connectivity index (χ3v) is 2.85. The fourth-order valence-electron chi connectivity index (χ4n) is 1.83. The molecule has 1 N–H and O–H groups in total. The van der Waals surface area contributed by atoms with Crippen molar-refractivity contribution < 1.29 is 9.47 Å². The van der Waals surface area contributed by atoms with Crippen LogP contribution in [0.3, 0.4) is 0 Å². The van der Waals surface area contributed by atoms with Gasteiger partial charge in [0, 0.05) is 24.0 Å². The topological polar surface area (TPSA) is 43.4 Å². The van der Waals surface area contributed by atoms with Gasteiger partial charge in [0.25, 0.3) is 0 Å². The molecule has 0 aliphatic heterocycles. The van der Waals surface area contributed by atoms with E-state index in [0.717, 1.165) is 30.0 Å². The number of methoxy groups -OCH3 is 1. The average molecular weight is 272 g/mol. The van der Waals surface area contributed by atoms with Gasteiger partial charge in [-0.1, -0.05) is 13.0 Å². The Labute approximate surface area is 119 Å². The van der Waals surface area contributed by atoms with Crippen molar-refractivity contribution in [3.05, 3.63) is 48.2 Å². The van der Waals surface area contributed by atoms with Crippen LogP contribution in [0.2, 0.25) is 0 Å². The summed E-state index contributed by atoms with van der Waals surface area (Å²) >= 11 is 0. The molecular weight excluding hydrogens is 252 g/mol. The molecule has 2 aromatic rings. The molecule has 2 rings (SSSR count). The Morgan fingerprint density at radius 3 is 2.65 bits per heavy atom. The predicted octanol–water partition coefficient (Wildman–Crippen LogP) is 3.49. The molecule has 1 aromatic heterocycles. The number of aromatic nitrogens is 1. The molecule has 0 saturated carbocycles. The van der Waals surface area contributed by atoms with Gasteiger partial charge >= 0.3 is 0 Å². The maximum Gasteiger partial charge on any atom is 0.218 e. The summed E-state index contributed by atoms with van der Waals surface area (Å²) in [4.78, 5) is 4.18. The number of rotatable bonds is 7. The van der Waals surface area contributed by atoms with Crippen molar-refractivity contribution in [1.82, 2.24) is 4.98 Å². The Balaban J connectivity index is 1.93. The van der Waals surface area contributed by atoms with Crippen molar-refractivity contribution in [3.63, 3.8) is 0 Å². The van der Waals surface area contributed by atoms with E-state index in [2.05, 4.69) is 17.2 Å². The molecule has 4 nitrogen and oxygen atoms in total. The maximum atomic E-state index is 5.55. The van der Waals surface area contributed by atoms with Crippen LogP contribution in [0, 0.1) is 0 Å². The van der Waals surface area contributed by atoms with Gasteiger partial charge in [-0.05, 0) is 36.8 Å². The molecule has 0 radical (unpaired) electrons. The first-order valence-electron chi connectivity index (χ1n) is 6.78. The Kier molecular flexibility index (Phi) is 5.24. The molecule has 0 spiro atoms.